The molecule has 1 atom stereocenters. The molecule has 128 valence electrons. The Morgan fingerprint density at radius 3 is 2.64 bits per heavy atom. The van der Waals surface area contributed by atoms with Crippen LogP contribution in [0.4, 0.5) is 5.69 Å². The van der Waals surface area contributed by atoms with Crippen molar-refractivity contribution in [2.75, 3.05) is 12.4 Å². The average molecular weight is 338 g/mol. The third kappa shape index (κ3) is 3.77. The van der Waals surface area contributed by atoms with Gasteiger partial charge in [0.2, 0.25) is 17.7 Å². The number of benzene rings is 2. The lowest BCUT2D eigenvalue weighted by atomic mass is 10.2. The summed E-state index contributed by atoms with van der Waals surface area (Å²) in [4.78, 5) is 11.3. The molecule has 1 aromatic heterocycles. The predicted molar refractivity (Wildman–Crippen MR) is 93.3 cm³/mol. The molecule has 0 aliphatic heterocycles. The van der Waals surface area contributed by atoms with E-state index in [9.17, 15) is 4.79 Å². The molecule has 3 N–H and O–H groups in total. The molecule has 0 saturated carbocycles. The van der Waals surface area contributed by atoms with E-state index < -0.39 is 5.91 Å². The fourth-order valence-corrected chi connectivity index (χ4v) is 2.33. The molecule has 25 heavy (non-hydrogen) atoms. The smallest absolute Gasteiger partial charge is 0.248 e. The zero-order valence-electron chi connectivity index (χ0n) is 13.9. The number of rotatable bonds is 6. The minimum Gasteiger partial charge on any atom is -0.497 e. The van der Waals surface area contributed by atoms with Crippen LogP contribution in [0.15, 0.2) is 52.9 Å². The molecule has 0 saturated heterocycles. The highest BCUT2D eigenvalue weighted by molar-refractivity contribution is 5.93. The molecule has 0 spiro atoms. The number of primary amides is 1. The number of hydrogen-bond donors (Lipinski definition) is 2. The number of amides is 1. The second-order valence-corrected chi connectivity index (χ2v) is 5.49. The van der Waals surface area contributed by atoms with Crippen LogP contribution in [0.2, 0.25) is 0 Å². The Kier molecular flexibility index (Phi) is 4.65. The number of methoxy groups -OCH3 is 1. The van der Waals surface area contributed by atoms with Crippen LogP contribution < -0.4 is 15.8 Å². The first-order chi connectivity index (χ1) is 12.1. The summed E-state index contributed by atoms with van der Waals surface area (Å²) in [7, 11) is 1.61. The van der Waals surface area contributed by atoms with Crippen LogP contribution in [0.5, 0.6) is 5.75 Å². The zero-order valence-corrected chi connectivity index (χ0v) is 13.9. The van der Waals surface area contributed by atoms with Crippen LogP contribution in [0.25, 0.3) is 11.5 Å². The maximum Gasteiger partial charge on any atom is 0.248 e. The number of hydrogen-bond acceptors (Lipinski definition) is 6. The fraction of sp³-hybridized carbons (Fsp3) is 0.167. The van der Waals surface area contributed by atoms with Crippen molar-refractivity contribution >= 4 is 11.6 Å². The maximum atomic E-state index is 11.3. The molecular weight excluding hydrogens is 320 g/mol. The van der Waals surface area contributed by atoms with Gasteiger partial charge in [-0.25, -0.2) is 0 Å². The quantitative estimate of drug-likeness (QED) is 0.716. The normalized spacial score (nSPS) is 11.8. The van der Waals surface area contributed by atoms with Gasteiger partial charge in [0.05, 0.1) is 7.11 Å². The topological polar surface area (TPSA) is 103 Å². The summed E-state index contributed by atoms with van der Waals surface area (Å²) in [6, 6.07) is 14.1. The summed E-state index contributed by atoms with van der Waals surface area (Å²) in [6.07, 6.45) is 0. The molecule has 2 aromatic carbocycles. The first-order valence-corrected chi connectivity index (χ1v) is 7.71. The Balaban J connectivity index is 1.75. The minimum atomic E-state index is -0.476. The predicted octanol–water partition coefficient (Wildman–Crippen LogP) is 3.02. The highest BCUT2D eigenvalue weighted by Crippen LogP contribution is 2.24. The number of nitrogens with two attached hydrogens (primary N) is 1. The number of anilines is 1. The van der Waals surface area contributed by atoms with Crippen molar-refractivity contribution in [3.8, 4) is 17.2 Å². The monoisotopic (exact) mass is 338 g/mol. The van der Waals surface area contributed by atoms with Gasteiger partial charge < -0.3 is 20.2 Å². The average Bonchev–Trinajstić information content (AvgIpc) is 3.12. The van der Waals surface area contributed by atoms with E-state index >= 15 is 0 Å². The third-order valence-electron chi connectivity index (χ3n) is 3.68. The Bertz CT molecular complexity index is 874. The van der Waals surface area contributed by atoms with E-state index in [2.05, 4.69) is 15.5 Å². The molecule has 0 fully saturated rings. The molecule has 7 heteroatoms. The molecule has 1 amide bonds. The number of aromatic nitrogens is 2. The Morgan fingerprint density at radius 2 is 1.96 bits per heavy atom. The van der Waals surface area contributed by atoms with Crippen molar-refractivity contribution < 1.29 is 13.9 Å². The van der Waals surface area contributed by atoms with Gasteiger partial charge in [-0.05, 0) is 49.4 Å². The Morgan fingerprint density at radius 1 is 1.20 bits per heavy atom. The first-order valence-electron chi connectivity index (χ1n) is 7.71. The summed E-state index contributed by atoms with van der Waals surface area (Å²) in [5, 5.41) is 11.4. The lowest BCUT2D eigenvalue weighted by Gasteiger charge is -2.11. The van der Waals surface area contributed by atoms with E-state index in [-0.39, 0.29) is 6.04 Å². The lowest BCUT2D eigenvalue weighted by Crippen LogP contribution is -2.12. The molecule has 0 bridgehead atoms. The number of carbonyl (C=O) groups excluding carboxylic acids is 1. The van der Waals surface area contributed by atoms with Crippen molar-refractivity contribution in [3.05, 3.63) is 60.0 Å². The number of ether oxygens (including phenoxy) is 1. The Labute approximate surface area is 144 Å². The molecule has 0 radical (unpaired) electrons. The van der Waals surface area contributed by atoms with Gasteiger partial charge in [0.1, 0.15) is 11.8 Å². The van der Waals surface area contributed by atoms with Crippen molar-refractivity contribution in [1.82, 2.24) is 10.2 Å². The van der Waals surface area contributed by atoms with E-state index in [1.54, 1.807) is 25.3 Å². The largest absolute Gasteiger partial charge is 0.497 e. The summed E-state index contributed by atoms with van der Waals surface area (Å²) in [6.45, 7) is 1.89. The van der Waals surface area contributed by atoms with Gasteiger partial charge in [-0.3, -0.25) is 4.79 Å². The van der Waals surface area contributed by atoms with Crippen molar-refractivity contribution in [2.45, 2.75) is 13.0 Å². The number of carbonyl (C=O) groups is 1. The van der Waals surface area contributed by atoms with Gasteiger partial charge in [-0.1, -0.05) is 6.07 Å². The van der Waals surface area contributed by atoms with Crippen molar-refractivity contribution in [2.24, 2.45) is 5.73 Å². The fourth-order valence-electron chi connectivity index (χ4n) is 2.33. The molecule has 7 nitrogen and oxygen atoms in total. The van der Waals surface area contributed by atoms with Gasteiger partial charge in [0.15, 0.2) is 0 Å². The molecule has 0 aliphatic carbocycles. The molecule has 3 aromatic rings. The minimum absolute atomic E-state index is 0.234. The van der Waals surface area contributed by atoms with E-state index in [0.29, 0.717) is 17.3 Å². The Hall–Kier alpha value is -3.35. The van der Waals surface area contributed by atoms with E-state index in [1.807, 2.05) is 37.3 Å². The summed E-state index contributed by atoms with van der Waals surface area (Å²) in [5.41, 5.74) is 7.28. The third-order valence-corrected chi connectivity index (χ3v) is 3.68. The van der Waals surface area contributed by atoms with Crippen molar-refractivity contribution in [1.29, 1.82) is 0 Å². The standard InChI is InChI=1S/C18H18N4O3/c1-11(20-14-5-3-4-13(10-14)16(19)23)17-21-22-18(25-17)12-6-8-15(24-2)9-7-12/h3-11,20H,1-2H3,(H2,19,23). The highest BCUT2D eigenvalue weighted by Gasteiger charge is 2.15. The molecule has 3 rings (SSSR count). The van der Waals surface area contributed by atoms with Crippen LogP contribution in [-0.2, 0) is 0 Å². The highest BCUT2D eigenvalue weighted by atomic mass is 16.5. The van der Waals surface area contributed by atoms with Crippen LogP contribution in [-0.4, -0.2) is 23.2 Å². The first kappa shape index (κ1) is 16.5. The van der Waals surface area contributed by atoms with Gasteiger partial charge in [-0.2, -0.15) is 0 Å². The van der Waals surface area contributed by atoms with Gasteiger partial charge in [-0.15, -0.1) is 10.2 Å². The molecular formula is C18H18N4O3. The van der Waals surface area contributed by atoms with E-state index in [0.717, 1.165) is 17.0 Å². The summed E-state index contributed by atoms with van der Waals surface area (Å²) in [5.74, 6) is 1.15. The second kappa shape index (κ2) is 7.04. The van der Waals surface area contributed by atoms with Crippen LogP contribution in [0.3, 0.4) is 0 Å². The zero-order chi connectivity index (χ0) is 17.8. The SMILES string of the molecule is COc1ccc(-c2nnc(C(C)Nc3cccc(C(N)=O)c3)o2)cc1. The van der Waals surface area contributed by atoms with Crippen LogP contribution in [0, 0.1) is 0 Å². The van der Waals surface area contributed by atoms with Crippen LogP contribution in [0.1, 0.15) is 29.2 Å². The van der Waals surface area contributed by atoms with Gasteiger partial charge in [0, 0.05) is 16.8 Å². The maximum absolute atomic E-state index is 11.3. The van der Waals surface area contributed by atoms with E-state index in [1.165, 1.54) is 0 Å². The van der Waals surface area contributed by atoms with Gasteiger partial charge in [0.25, 0.3) is 0 Å². The number of nitrogens with zero attached hydrogens (tertiary/aromatic N) is 2. The molecule has 1 unspecified atom stereocenters. The lowest BCUT2D eigenvalue weighted by molar-refractivity contribution is 0.100. The summed E-state index contributed by atoms with van der Waals surface area (Å²) >= 11 is 0. The number of nitrogens with one attached hydrogen (secondary N) is 1. The van der Waals surface area contributed by atoms with Crippen LogP contribution >= 0.6 is 0 Å². The molecule has 0 aliphatic rings. The van der Waals surface area contributed by atoms with Crippen molar-refractivity contribution in [3.63, 3.8) is 0 Å². The molecule has 1 heterocycles. The van der Waals surface area contributed by atoms with Gasteiger partial charge >= 0.3 is 0 Å². The van der Waals surface area contributed by atoms with E-state index in [4.69, 9.17) is 14.9 Å². The summed E-state index contributed by atoms with van der Waals surface area (Å²) < 4.78 is 10.9. The second-order valence-electron chi connectivity index (χ2n) is 5.49.